The molecule has 0 aliphatic carbocycles. The molecule has 154 valence electrons. The second-order valence-corrected chi connectivity index (χ2v) is 9.65. The Labute approximate surface area is 183 Å². The summed E-state index contributed by atoms with van der Waals surface area (Å²) in [5, 5.41) is 5.45. The van der Waals surface area contributed by atoms with Crippen molar-refractivity contribution in [2.24, 2.45) is 0 Å². The van der Waals surface area contributed by atoms with Crippen molar-refractivity contribution in [2.75, 3.05) is 5.75 Å². The first kappa shape index (κ1) is 20.8. The summed E-state index contributed by atoms with van der Waals surface area (Å²) in [5.41, 5.74) is 0.889. The largest absolute Gasteiger partial charge is 0.253 e. The number of hydrogen-bond acceptors (Lipinski definition) is 6. The van der Waals surface area contributed by atoms with Gasteiger partial charge in [0.25, 0.3) is 5.78 Å². The van der Waals surface area contributed by atoms with Crippen LogP contribution in [0.4, 0.5) is 0 Å². The summed E-state index contributed by atoms with van der Waals surface area (Å²) in [4.78, 5) is 8.70. The predicted molar refractivity (Wildman–Crippen MR) is 117 cm³/mol. The van der Waals surface area contributed by atoms with Crippen molar-refractivity contribution in [2.45, 2.75) is 22.5 Å². The molecule has 4 rings (SSSR count). The number of aromatic nitrogens is 4. The molecule has 1 N–H and O–H groups in total. The monoisotopic (exact) mass is 459 g/mol. The summed E-state index contributed by atoms with van der Waals surface area (Å²) < 4.78 is 30.2. The zero-order chi connectivity index (χ0) is 21.0. The van der Waals surface area contributed by atoms with Crippen molar-refractivity contribution in [3.8, 4) is 0 Å². The molecule has 0 radical (unpaired) electrons. The molecule has 0 fully saturated rings. The van der Waals surface area contributed by atoms with Crippen molar-refractivity contribution >= 4 is 39.2 Å². The van der Waals surface area contributed by atoms with Crippen molar-refractivity contribution in [3.63, 3.8) is 0 Å². The average molecular weight is 460 g/mol. The molecule has 10 heteroatoms. The first-order chi connectivity index (χ1) is 14.5. The van der Waals surface area contributed by atoms with E-state index in [0.717, 1.165) is 5.56 Å². The molecule has 0 bridgehead atoms. The van der Waals surface area contributed by atoms with E-state index in [1.165, 1.54) is 23.9 Å². The van der Waals surface area contributed by atoms with Crippen LogP contribution in [0.1, 0.15) is 18.0 Å². The average Bonchev–Trinajstić information content (AvgIpc) is 3.17. The molecule has 30 heavy (non-hydrogen) atoms. The fourth-order valence-electron chi connectivity index (χ4n) is 2.89. The maximum absolute atomic E-state index is 12.9. The first-order valence-corrected chi connectivity index (χ1v) is 12.0. The SMILES string of the molecule is O=S(=O)(N[C@H](CCSc1nc2ncccn2n1)c1ccccc1)c1ccc(Cl)cc1. The minimum Gasteiger partial charge on any atom is -0.220 e. The molecule has 2 aromatic carbocycles. The van der Waals surface area contributed by atoms with E-state index in [-0.39, 0.29) is 4.90 Å². The summed E-state index contributed by atoms with van der Waals surface area (Å²) in [6.45, 7) is 0. The predicted octanol–water partition coefficient (Wildman–Crippen LogP) is 3.98. The van der Waals surface area contributed by atoms with Crippen LogP contribution >= 0.6 is 23.4 Å². The van der Waals surface area contributed by atoms with Crippen LogP contribution in [0.3, 0.4) is 0 Å². The van der Waals surface area contributed by atoms with Gasteiger partial charge in [-0.3, -0.25) is 0 Å². The number of fused-ring (bicyclic) bond motifs is 1. The molecule has 0 aliphatic heterocycles. The highest BCUT2D eigenvalue weighted by Gasteiger charge is 2.21. The quantitative estimate of drug-likeness (QED) is 0.401. The van der Waals surface area contributed by atoms with Gasteiger partial charge in [-0.1, -0.05) is 53.7 Å². The lowest BCUT2D eigenvalue weighted by atomic mass is 10.1. The number of hydrogen-bond donors (Lipinski definition) is 1. The van der Waals surface area contributed by atoms with Crippen LogP contribution < -0.4 is 4.72 Å². The Kier molecular flexibility index (Phi) is 6.33. The van der Waals surface area contributed by atoms with Gasteiger partial charge in [0.2, 0.25) is 15.2 Å². The zero-order valence-electron chi connectivity index (χ0n) is 15.7. The van der Waals surface area contributed by atoms with E-state index in [0.29, 0.717) is 28.1 Å². The fourth-order valence-corrected chi connectivity index (χ4v) is 5.10. The Hall–Kier alpha value is -2.46. The van der Waals surface area contributed by atoms with E-state index in [1.807, 2.05) is 30.3 Å². The fraction of sp³-hybridized carbons (Fsp3) is 0.150. The normalized spacial score (nSPS) is 12.8. The third-order valence-corrected chi connectivity index (χ3v) is 6.97. The summed E-state index contributed by atoms with van der Waals surface area (Å²) in [5.74, 6) is 1.16. The summed E-state index contributed by atoms with van der Waals surface area (Å²) in [7, 11) is -3.70. The Morgan fingerprint density at radius 1 is 1.07 bits per heavy atom. The van der Waals surface area contributed by atoms with Crippen LogP contribution in [0.5, 0.6) is 0 Å². The van der Waals surface area contributed by atoms with Crippen LogP contribution in [0.2, 0.25) is 5.02 Å². The van der Waals surface area contributed by atoms with E-state index in [4.69, 9.17) is 11.6 Å². The van der Waals surface area contributed by atoms with Crippen LogP contribution in [-0.4, -0.2) is 33.8 Å². The number of nitrogens with one attached hydrogen (secondary N) is 1. The van der Waals surface area contributed by atoms with Gasteiger partial charge in [0, 0.05) is 29.2 Å². The zero-order valence-corrected chi connectivity index (χ0v) is 18.1. The van der Waals surface area contributed by atoms with Gasteiger partial charge in [-0.05, 0) is 42.3 Å². The molecule has 4 aromatic rings. The molecule has 0 saturated heterocycles. The standard InChI is InChI=1S/C20H18ClN5O2S2/c21-16-7-9-17(10-8-16)30(27,28)25-18(15-5-2-1-3-6-15)11-14-29-20-23-19-22-12-4-13-26(19)24-20/h1-10,12-13,18,25H,11,14H2/t18-/m1/s1. The van der Waals surface area contributed by atoms with Crippen molar-refractivity contribution in [1.82, 2.24) is 24.3 Å². The number of benzene rings is 2. The Morgan fingerprint density at radius 2 is 1.83 bits per heavy atom. The molecule has 2 heterocycles. The number of rotatable bonds is 8. The number of sulfonamides is 1. The summed E-state index contributed by atoms with van der Waals surface area (Å²) in [6, 6.07) is 17.0. The Bertz CT molecular complexity index is 1200. The summed E-state index contributed by atoms with van der Waals surface area (Å²) >= 11 is 7.34. The van der Waals surface area contributed by atoms with Gasteiger partial charge in [0.05, 0.1) is 4.90 Å². The van der Waals surface area contributed by atoms with Gasteiger partial charge in [-0.15, -0.1) is 5.10 Å². The molecule has 0 amide bonds. The van der Waals surface area contributed by atoms with Gasteiger partial charge >= 0.3 is 0 Å². The molecule has 0 aliphatic rings. The maximum Gasteiger partial charge on any atom is 0.253 e. The number of halogens is 1. The van der Waals surface area contributed by atoms with E-state index in [9.17, 15) is 8.42 Å². The molecule has 2 aromatic heterocycles. The van der Waals surface area contributed by atoms with Gasteiger partial charge in [-0.25, -0.2) is 22.6 Å². The van der Waals surface area contributed by atoms with Crippen molar-refractivity contribution in [1.29, 1.82) is 0 Å². The van der Waals surface area contributed by atoms with Crippen molar-refractivity contribution < 1.29 is 8.42 Å². The van der Waals surface area contributed by atoms with Crippen LogP contribution in [0, 0.1) is 0 Å². The van der Waals surface area contributed by atoms with Gasteiger partial charge in [0.15, 0.2) is 0 Å². The Morgan fingerprint density at radius 3 is 2.57 bits per heavy atom. The lowest BCUT2D eigenvalue weighted by molar-refractivity contribution is 0.551. The molecule has 0 unspecified atom stereocenters. The van der Waals surface area contributed by atoms with Crippen LogP contribution in [0.15, 0.2) is 83.1 Å². The van der Waals surface area contributed by atoms with Gasteiger partial charge < -0.3 is 0 Å². The molecule has 1 atom stereocenters. The molecule has 0 saturated carbocycles. The van der Waals surface area contributed by atoms with Crippen molar-refractivity contribution in [3.05, 3.63) is 83.6 Å². The lowest BCUT2D eigenvalue weighted by Crippen LogP contribution is -2.29. The minimum absolute atomic E-state index is 0.175. The van der Waals surface area contributed by atoms with E-state index < -0.39 is 16.1 Å². The molecular weight excluding hydrogens is 442 g/mol. The van der Waals surface area contributed by atoms with E-state index in [1.54, 1.807) is 35.1 Å². The van der Waals surface area contributed by atoms with Gasteiger partial charge in [0.1, 0.15) is 0 Å². The topological polar surface area (TPSA) is 89.2 Å². The molecule has 0 spiro atoms. The third-order valence-electron chi connectivity index (χ3n) is 4.36. The highest BCUT2D eigenvalue weighted by Crippen LogP contribution is 2.25. The highest BCUT2D eigenvalue weighted by molar-refractivity contribution is 7.99. The molecular formula is C20H18ClN5O2S2. The third kappa shape index (κ3) is 4.99. The van der Waals surface area contributed by atoms with Gasteiger partial charge in [-0.2, -0.15) is 4.98 Å². The second kappa shape index (κ2) is 9.13. The highest BCUT2D eigenvalue weighted by atomic mass is 35.5. The maximum atomic E-state index is 12.9. The second-order valence-electron chi connectivity index (χ2n) is 6.43. The van der Waals surface area contributed by atoms with E-state index in [2.05, 4.69) is 19.8 Å². The number of nitrogens with zero attached hydrogens (tertiary/aromatic N) is 4. The summed E-state index contributed by atoms with van der Waals surface area (Å²) in [6.07, 6.45) is 4.01. The van der Waals surface area contributed by atoms with E-state index >= 15 is 0 Å². The minimum atomic E-state index is -3.70. The lowest BCUT2D eigenvalue weighted by Gasteiger charge is -2.19. The number of thioether (sulfide) groups is 1. The first-order valence-electron chi connectivity index (χ1n) is 9.14. The van der Waals surface area contributed by atoms with Crippen LogP contribution in [-0.2, 0) is 10.0 Å². The molecule has 7 nitrogen and oxygen atoms in total. The Balaban J connectivity index is 1.49. The smallest absolute Gasteiger partial charge is 0.220 e. The van der Waals surface area contributed by atoms with Crippen LogP contribution in [0.25, 0.3) is 5.78 Å².